The maximum Gasteiger partial charge on any atom is 0.420 e. The van der Waals surface area contributed by atoms with Gasteiger partial charge < -0.3 is 13.9 Å². The van der Waals surface area contributed by atoms with Crippen molar-refractivity contribution < 1.29 is 22.3 Å². The summed E-state index contributed by atoms with van der Waals surface area (Å²) in [6.45, 7) is 1.80. The van der Waals surface area contributed by atoms with Crippen LogP contribution in [-0.4, -0.2) is 36.6 Å². The third-order valence-corrected chi connectivity index (χ3v) is 9.29. The number of hydrogen-bond acceptors (Lipinski definition) is 9. The average molecular weight is 632 g/mol. The molecule has 0 amide bonds. The zero-order valence-electron chi connectivity index (χ0n) is 21.1. The monoisotopic (exact) mass is 630 g/mol. The number of anilines is 1. The highest BCUT2D eigenvalue weighted by Gasteiger charge is 2.30. The van der Waals surface area contributed by atoms with Crippen molar-refractivity contribution in [3.8, 4) is 11.5 Å². The van der Waals surface area contributed by atoms with Crippen molar-refractivity contribution in [3.63, 3.8) is 0 Å². The molecule has 2 heterocycles. The molecule has 0 N–H and O–H groups in total. The molecule has 0 saturated heterocycles. The molecule has 0 spiro atoms. The summed E-state index contributed by atoms with van der Waals surface area (Å²) in [5.41, 5.74) is 2.12. The minimum absolute atomic E-state index is 0.0614. The van der Waals surface area contributed by atoms with Crippen molar-refractivity contribution in [2.24, 2.45) is 0 Å². The third-order valence-electron chi connectivity index (χ3n) is 6.26. The van der Waals surface area contributed by atoms with Crippen LogP contribution in [0.15, 0.2) is 85.6 Å². The summed E-state index contributed by atoms with van der Waals surface area (Å²) in [5.74, 6) is 0.443. The Labute approximate surface area is 236 Å². The summed E-state index contributed by atoms with van der Waals surface area (Å²) in [6, 6.07) is 16.8. The van der Waals surface area contributed by atoms with E-state index in [1.807, 2.05) is 31.2 Å². The smallest absolute Gasteiger partial charge is 0.420 e. The van der Waals surface area contributed by atoms with Crippen LogP contribution >= 0.6 is 27.5 Å². The number of nitrogens with zero attached hydrogens (tertiary/aromatic N) is 4. The van der Waals surface area contributed by atoms with Gasteiger partial charge >= 0.3 is 5.76 Å². The first kappa shape index (κ1) is 26.9. The number of oxazole rings is 1. The van der Waals surface area contributed by atoms with E-state index in [1.165, 1.54) is 37.2 Å². The van der Waals surface area contributed by atoms with Crippen LogP contribution in [0.5, 0.6) is 11.5 Å². The standard InChI is InChI=1S/C26H23BrN4O6S2/c1-16(17-5-4-6-19(27)11-17)31-22-10-9-21(13-24(22)37-26(31)32)39(33,34)30(25-28-15-29-38-25)14-18-7-8-20(35-2)12-23(18)36-3/h4-13,15-16H,14H2,1-3H3/t16-/m1/s1. The Kier molecular flexibility index (Phi) is 7.47. The van der Waals surface area contributed by atoms with Crippen molar-refractivity contribution >= 4 is 53.7 Å². The number of sulfonamides is 1. The minimum Gasteiger partial charge on any atom is -0.497 e. The summed E-state index contributed by atoms with van der Waals surface area (Å²) in [6.07, 6.45) is 1.29. The van der Waals surface area contributed by atoms with Gasteiger partial charge in [-0.1, -0.05) is 28.1 Å². The fraction of sp³-hybridized carbons (Fsp3) is 0.192. The van der Waals surface area contributed by atoms with Crippen molar-refractivity contribution in [2.75, 3.05) is 18.5 Å². The molecule has 202 valence electrons. The molecule has 0 aliphatic carbocycles. The number of hydrogen-bond donors (Lipinski definition) is 0. The molecular formula is C26H23BrN4O6S2. The van der Waals surface area contributed by atoms with Crippen LogP contribution in [0.2, 0.25) is 0 Å². The molecule has 39 heavy (non-hydrogen) atoms. The number of methoxy groups -OCH3 is 2. The lowest BCUT2D eigenvalue weighted by Crippen LogP contribution is -2.30. The van der Waals surface area contributed by atoms with Gasteiger partial charge in [-0.15, -0.1) is 0 Å². The molecule has 10 nitrogen and oxygen atoms in total. The van der Waals surface area contributed by atoms with E-state index in [0.29, 0.717) is 22.6 Å². The third kappa shape index (κ3) is 5.16. The van der Waals surface area contributed by atoms with E-state index in [4.69, 9.17) is 13.9 Å². The second-order valence-electron chi connectivity index (χ2n) is 8.51. The number of rotatable bonds is 9. The van der Waals surface area contributed by atoms with Gasteiger partial charge in [0.05, 0.1) is 37.2 Å². The molecule has 1 atom stereocenters. The Morgan fingerprint density at radius 2 is 1.92 bits per heavy atom. The number of benzene rings is 3. The molecule has 0 unspecified atom stereocenters. The van der Waals surface area contributed by atoms with Gasteiger partial charge in [0.15, 0.2) is 5.58 Å². The lowest BCUT2D eigenvalue weighted by Gasteiger charge is -2.22. The van der Waals surface area contributed by atoms with Crippen LogP contribution in [0.1, 0.15) is 24.1 Å². The van der Waals surface area contributed by atoms with Crippen LogP contribution in [0.25, 0.3) is 11.1 Å². The van der Waals surface area contributed by atoms with Crippen LogP contribution in [0.3, 0.4) is 0 Å². The van der Waals surface area contributed by atoms with Gasteiger partial charge in [0.2, 0.25) is 5.13 Å². The summed E-state index contributed by atoms with van der Waals surface area (Å²) in [5, 5.41) is 0.176. The largest absolute Gasteiger partial charge is 0.497 e. The summed E-state index contributed by atoms with van der Waals surface area (Å²) < 4.78 is 51.7. The highest BCUT2D eigenvalue weighted by Crippen LogP contribution is 2.33. The van der Waals surface area contributed by atoms with E-state index in [2.05, 4.69) is 25.3 Å². The Morgan fingerprint density at radius 3 is 2.62 bits per heavy atom. The van der Waals surface area contributed by atoms with Crippen LogP contribution in [0, 0.1) is 0 Å². The molecule has 3 aromatic carbocycles. The first-order valence-corrected chi connectivity index (χ1v) is 14.6. The van der Waals surface area contributed by atoms with Crippen molar-refractivity contribution in [1.29, 1.82) is 0 Å². The van der Waals surface area contributed by atoms with Gasteiger partial charge in [-0.2, -0.15) is 4.37 Å². The average Bonchev–Trinajstić information content (AvgIpc) is 3.58. The molecule has 2 aromatic heterocycles. The molecule has 0 saturated carbocycles. The van der Waals surface area contributed by atoms with Gasteiger partial charge in [0.25, 0.3) is 10.0 Å². The summed E-state index contributed by atoms with van der Waals surface area (Å²) in [7, 11) is -1.13. The molecule has 5 rings (SSSR count). The second-order valence-corrected chi connectivity index (χ2v) is 12.0. The number of ether oxygens (including phenoxy) is 2. The molecule has 0 radical (unpaired) electrons. The van der Waals surface area contributed by atoms with Gasteiger partial charge in [-0.3, -0.25) is 4.57 Å². The maximum absolute atomic E-state index is 14.0. The zero-order valence-corrected chi connectivity index (χ0v) is 24.3. The lowest BCUT2D eigenvalue weighted by atomic mass is 10.1. The van der Waals surface area contributed by atoms with Crippen molar-refractivity contribution in [2.45, 2.75) is 24.4 Å². The van der Waals surface area contributed by atoms with Gasteiger partial charge in [0, 0.05) is 33.7 Å². The van der Waals surface area contributed by atoms with Gasteiger partial charge in [-0.05, 0) is 48.9 Å². The molecular weight excluding hydrogens is 608 g/mol. The van der Waals surface area contributed by atoms with Gasteiger partial charge in [-0.25, -0.2) is 22.5 Å². The Morgan fingerprint density at radius 1 is 1.10 bits per heavy atom. The zero-order chi connectivity index (χ0) is 27.7. The molecule has 5 aromatic rings. The summed E-state index contributed by atoms with van der Waals surface area (Å²) in [4.78, 5) is 17.0. The van der Waals surface area contributed by atoms with E-state index in [-0.39, 0.29) is 28.2 Å². The lowest BCUT2D eigenvalue weighted by molar-refractivity contribution is 0.391. The Hall–Kier alpha value is -3.68. The van der Waals surface area contributed by atoms with E-state index in [0.717, 1.165) is 25.9 Å². The van der Waals surface area contributed by atoms with E-state index >= 15 is 0 Å². The number of aromatic nitrogens is 3. The second kappa shape index (κ2) is 10.8. The molecule has 13 heteroatoms. The number of halogens is 1. The molecule has 0 aliphatic heterocycles. The predicted molar refractivity (Wildman–Crippen MR) is 151 cm³/mol. The molecule has 0 bridgehead atoms. The van der Waals surface area contributed by atoms with E-state index in [1.54, 1.807) is 24.3 Å². The van der Waals surface area contributed by atoms with Crippen molar-refractivity contribution in [3.05, 3.63) is 93.1 Å². The quantitative estimate of drug-likeness (QED) is 0.217. The SMILES string of the molecule is COc1ccc(CN(c2ncns2)S(=O)(=O)c2ccc3c(c2)oc(=O)n3[C@H](C)c2cccc(Br)c2)c(OC)c1. The fourth-order valence-corrected chi connectivity index (χ4v) is 6.82. The summed E-state index contributed by atoms with van der Waals surface area (Å²) >= 11 is 4.40. The van der Waals surface area contributed by atoms with Crippen LogP contribution in [-0.2, 0) is 16.6 Å². The molecule has 0 aliphatic rings. The first-order chi connectivity index (χ1) is 18.7. The molecule has 0 fully saturated rings. The highest BCUT2D eigenvalue weighted by molar-refractivity contribution is 9.10. The van der Waals surface area contributed by atoms with E-state index in [9.17, 15) is 13.2 Å². The maximum atomic E-state index is 14.0. The minimum atomic E-state index is -4.16. The van der Waals surface area contributed by atoms with Crippen molar-refractivity contribution in [1.82, 2.24) is 13.9 Å². The normalized spacial score (nSPS) is 12.4. The van der Waals surface area contributed by atoms with Gasteiger partial charge in [0.1, 0.15) is 17.8 Å². The van der Waals surface area contributed by atoms with Crippen LogP contribution < -0.4 is 19.5 Å². The predicted octanol–water partition coefficient (Wildman–Crippen LogP) is 5.23. The fourth-order valence-electron chi connectivity index (χ4n) is 4.26. The Balaban J connectivity index is 1.56. The van der Waals surface area contributed by atoms with Crippen LogP contribution in [0.4, 0.5) is 5.13 Å². The first-order valence-electron chi connectivity index (χ1n) is 11.6. The number of fused-ring (bicyclic) bond motifs is 1. The topological polar surface area (TPSA) is 117 Å². The highest BCUT2D eigenvalue weighted by atomic mass is 79.9. The van der Waals surface area contributed by atoms with E-state index < -0.39 is 15.8 Å². The Bertz CT molecular complexity index is 1800.